The molecular weight excluding hydrogens is 514 g/mol. The summed E-state index contributed by atoms with van der Waals surface area (Å²) in [5, 5.41) is 18.7. The molecule has 0 aliphatic rings. The highest BCUT2D eigenvalue weighted by atomic mass is 35.5. The molecule has 180 valence electrons. The second-order valence-electron chi connectivity index (χ2n) is 7.39. The fourth-order valence-corrected chi connectivity index (χ4v) is 4.52. The van der Waals surface area contributed by atoms with Gasteiger partial charge in [0, 0.05) is 18.0 Å². The molecule has 1 atom stereocenters. The Morgan fingerprint density at radius 2 is 1.88 bits per heavy atom. The number of aryl methyl sites for hydroxylation is 1. The number of aliphatic hydroxyl groups is 1. The molecule has 0 amide bonds. The Morgan fingerprint density at radius 3 is 2.56 bits per heavy atom. The molecule has 0 saturated carbocycles. The van der Waals surface area contributed by atoms with Crippen molar-refractivity contribution in [3.8, 4) is 27.0 Å². The zero-order valence-corrected chi connectivity index (χ0v) is 19.9. The minimum absolute atomic E-state index is 0.105. The van der Waals surface area contributed by atoms with Crippen molar-refractivity contribution in [2.45, 2.75) is 25.6 Å². The number of halogens is 5. The van der Waals surface area contributed by atoms with Crippen molar-refractivity contribution in [3.63, 3.8) is 0 Å². The van der Waals surface area contributed by atoms with Crippen LogP contribution in [0.15, 0.2) is 30.6 Å². The zero-order valence-electron chi connectivity index (χ0n) is 17.6. The highest BCUT2D eigenvalue weighted by Crippen LogP contribution is 2.38. The molecule has 3 heterocycles. The van der Waals surface area contributed by atoms with Gasteiger partial charge in [-0.25, -0.2) is 4.98 Å². The fourth-order valence-electron chi connectivity index (χ4n) is 3.20. The molecule has 7 nitrogen and oxygen atoms in total. The van der Waals surface area contributed by atoms with Crippen LogP contribution in [0.3, 0.4) is 0 Å². The molecule has 1 unspecified atom stereocenters. The van der Waals surface area contributed by atoms with E-state index in [-0.39, 0.29) is 23.9 Å². The van der Waals surface area contributed by atoms with Crippen LogP contribution < -0.4 is 10.5 Å². The van der Waals surface area contributed by atoms with Gasteiger partial charge in [-0.2, -0.15) is 13.2 Å². The van der Waals surface area contributed by atoms with Crippen LogP contribution in [0.25, 0.3) is 26.9 Å². The maximum Gasteiger partial charge on any atom is 0.417 e. The summed E-state index contributed by atoms with van der Waals surface area (Å²) < 4.78 is 46.2. The summed E-state index contributed by atoms with van der Waals surface area (Å²) >= 11 is 13.6. The van der Waals surface area contributed by atoms with Crippen molar-refractivity contribution in [1.29, 1.82) is 0 Å². The predicted octanol–water partition coefficient (Wildman–Crippen LogP) is 5.11. The first kappa shape index (κ1) is 24.7. The predicted molar refractivity (Wildman–Crippen MR) is 124 cm³/mol. The SMILES string of the molecule is CCc1cc(OCC(N)CO)c(Cl)cc1-c1nnc(-c2cn3cc(C(F)(F)F)cc(Cl)c3n2)s1. The van der Waals surface area contributed by atoms with Crippen molar-refractivity contribution in [2.75, 3.05) is 13.2 Å². The standard InChI is InChI=1S/C21H18Cl2F3N5O2S/c1-2-10-3-17(33-9-12(27)8-32)14(22)5-13(10)19-29-30-20(34-19)16-7-31-6-11(21(24,25)26)4-15(23)18(31)28-16/h3-7,12,32H,2,8-9,27H2,1H3. The topological polar surface area (TPSA) is 98.6 Å². The van der Waals surface area contributed by atoms with Crippen LogP contribution in [0, 0.1) is 0 Å². The van der Waals surface area contributed by atoms with E-state index in [2.05, 4.69) is 15.2 Å². The number of fused-ring (bicyclic) bond motifs is 1. The van der Waals surface area contributed by atoms with Gasteiger partial charge in [-0.15, -0.1) is 10.2 Å². The number of ether oxygens (including phenoxy) is 1. The van der Waals surface area contributed by atoms with Crippen molar-refractivity contribution in [2.24, 2.45) is 5.73 Å². The van der Waals surface area contributed by atoms with Gasteiger partial charge in [-0.05, 0) is 30.2 Å². The van der Waals surface area contributed by atoms with E-state index in [1.54, 1.807) is 12.1 Å². The number of benzene rings is 1. The number of alkyl halides is 3. The van der Waals surface area contributed by atoms with Crippen molar-refractivity contribution in [1.82, 2.24) is 19.6 Å². The lowest BCUT2D eigenvalue weighted by molar-refractivity contribution is -0.137. The number of hydrogen-bond acceptors (Lipinski definition) is 7. The summed E-state index contributed by atoms with van der Waals surface area (Å²) in [6.07, 6.45) is -1.53. The number of aliphatic hydroxyl groups excluding tert-OH is 1. The van der Waals surface area contributed by atoms with Crippen molar-refractivity contribution < 1.29 is 23.0 Å². The van der Waals surface area contributed by atoms with Gasteiger partial charge in [-0.1, -0.05) is 41.5 Å². The van der Waals surface area contributed by atoms with Crippen LogP contribution in [-0.4, -0.2) is 43.9 Å². The number of pyridine rings is 1. The summed E-state index contributed by atoms with van der Waals surface area (Å²) in [6, 6.07) is 3.80. The molecule has 0 saturated heterocycles. The Hall–Kier alpha value is -2.44. The average molecular weight is 532 g/mol. The smallest absolute Gasteiger partial charge is 0.417 e. The van der Waals surface area contributed by atoms with Gasteiger partial charge in [0.05, 0.1) is 28.3 Å². The van der Waals surface area contributed by atoms with Gasteiger partial charge in [0.15, 0.2) is 10.7 Å². The van der Waals surface area contributed by atoms with Gasteiger partial charge < -0.3 is 20.0 Å². The minimum atomic E-state index is -4.53. The minimum Gasteiger partial charge on any atom is -0.490 e. The summed E-state index contributed by atoms with van der Waals surface area (Å²) in [4.78, 5) is 4.33. The Balaban J connectivity index is 1.68. The third kappa shape index (κ3) is 4.98. The Labute approximate surface area is 205 Å². The molecule has 4 rings (SSSR count). The number of aromatic nitrogens is 4. The van der Waals surface area contributed by atoms with Gasteiger partial charge in [0.2, 0.25) is 0 Å². The molecule has 0 radical (unpaired) electrons. The second kappa shape index (κ2) is 9.67. The number of nitrogens with two attached hydrogens (primary N) is 1. The first-order valence-electron chi connectivity index (χ1n) is 10.0. The lowest BCUT2D eigenvalue weighted by Crippen LogP contribution is -2.31. The Kier molecular flexibility index (Phi) is 7.02. The number of imidazole rings is 1. The summed E-state index contributed by atoms with van der Waals surface area (Å²) in [5.74, 6) is 0.436. The zero-order chi connectivity index (χ0) is 24.6. The molecule has 13 heteroatoms. The highest BCUT2D eigenvalue weighted by molar-refractivity contribution is 7.17. The molecule has 0 bridgehead atoms. The molecule has 3 aromatic heterocycles. The summed E-state index contributed by atoms with van der Waals surface area (Å²) in [5.41, 5.74) is 6.97. The van der Waals surface area contributed by atoms with E-state index in [1.165, 1.54) is 21.9 Å². The molecule has 0 aliphatic heterocycles. The van der Waals surface area contributed by atoms with E-state index >= 15 is 0 Å². The summed E-state index contributed by atoms with van der Waals surface area (Å²) in [7, 11) is 0. The lowest BCUT2D eigenvalue weighted by atomic mass is 10.1. The van der Waals surface area contributed by atoms with E-state index in [9.17, 15) is 13.2 Å². The average Bonchev–Trinajstić information content (AvgIpc) is 3.44. The molecule has 1 aromatic carbocycles. The Bertz CT molecular complexity index is 1340. The molecule has 0 aliphatic carbocycles. The largest absolute Gasteiger partial charge is 0.490 e. The van der Waals surface area contributed by atoms with Crippen LogP contribution in [0.4, 0.5) is 13.2 Å². The molecule has 4 aromatic rings. The first-order chi connectivity index (χ1) is 16.1. The number of rotatable bonds is 7. The molecular formula is C21H18Cl2F3N5O2S. The van der Waals surface area contributed by atoms with Crippen molar-refractivity contribution in [3.05, 3.63) is 51.8 Å². The Morgan fingerprint density at radius 1 is 1.15 bits per heavy atom. The maximum absolute atomic E-state index is 13.1. The molecule has 34 heavy (non-hydrogen) atoms. The van der Waals surface area contributed by atoms with E-state index in [0.717, 1.165) is 23.4 Å². The maximum atomic E-state index is 13.1. The van der Waals surface area contributed by atoms with Crippen LogP contribution in [0.1, 0.15) is 18.1 Å². The normalized spacial score (nSPS) is 12.9. The lowest BCUT2D eigenvalue weighted by Gasteiger charge is -2.14. The molecule has 0 fully saturated rings. The third-order valence-electron chi connectivity index (χ3n) is 4.93. The monoisotopic (exact) mass is 531 g/mol. The highest BCUT2D eigenvalue weighted by Gasteiger charge is 2.32. The van der Waals surface area contributed by atoms with Gasteiger partial charge >= 0.3 is 6.18 Å². The van der Waals surface area contributed by atoms with Crippen LogP contribution in [0.2, 0.25) is 10.0 Å². The van der Waals surface area contributed by atoms with Crippen molar-refractivity contribution >= 4 is 40.2 Å². The van der Waals surface area contributed by atoms with Gasteiger partial charge in [0.1, 0.15) is 23.1 Å². The third-order valence-corrected chi connectivity index (χ3v) is 6.49. The van der Waals surface area contributed by atoms with Crippen LogP contribution in [0.5, 0.6) is 5.75 Å². The van der Waals surface area contributed by atoms with Gasteiger partial charge in [0.25, 0.3) is 0 Å². The molecule has 0 spiro atoms. The van der Waals surface area contributed by atoms with Crippen LogP contribution in [-0.2, 0) is 12.6 Å². The second-order valence-corrected chi connectivity index (χ2v) is 9.18. The quantitative estimate of drug-likeness (QED) is 0.344. The summed E-state index contributed by atoms with van der Waals surface area (Å²) in [6.45, 7) is 1.85. The van der Waals surface area contributed by atoms with E-state index < -0.39 is 17.8 Å². The number of nitrogens with zero attached hydrogens (tertiary/aromatic N) is 4. The van der Waals surface area contributed by atoms with Gasteiger partial charge in [-0.3, -0.25) is 0 Å². The van der Waals surface area contributed by atoms with E-state index in [4.69, 9.17) is 38.8 Å². The first-order valence-corrected chi connectivity index (χ1v) is 11.6. The van der Waals surface area contributed by atoms with E-state index in [1.807, 2.05) is 6.92 Å². The van der Waals surface area contributed by atoms with Crippen LogP contribution >= 0.6 is 34.5 Å². The fraction of sp³-hybridized carbons (Fsp3) is 0.286. The molecule has 3 N–H and O–H groups in total. The number of hydrogen-bond donors (Lipinski definition) is 2. The van der Waals surface area contributed by atoms with E-state index in [0.29, 0.717) is 32.9 Å².